The molecule has 0 saturated heterocycles. The van der Waals surface area contributed by atoms with Gasteiger partial charge in [-0.05, 0) is 25.5 Å². The smallest absolute Gasteiger partial charge is 0.237 e. The van der Waals surface area contributed by atoms with Crippen LogP contribution in [-0.4, -0.2) is 16.9 Å². The minimum Gasteiger partial charge on any atom is -0.347 e. The number of carbonyl (C=O) groups excluding carboxylic acids is 1. The topological polar surface area (TPSA) is 68.0 Å². The van der Waals surface area contributed by atoms with E-state index in [1.807, 2.05) is 32.0 Å². The molecule has 0 spiro atoms. The summed E-state index contributed by atoms with van der Waals surface area (Å²) in [6, 6.07) is 5.11. The molecule has 16 heavy (non-hydrogen) atoms. The van der Waals surface area contributed by atoms with Crippen molar-refractivity contribution in [2.24, 2.45) is 5.73 Å². The van der Waals surface area contributed by atoms with Crippen LogP contribution in [0.1, 0.15) is 38.4 Å². The van der Waals surface area contributed by atoms with Crippen molar-refractivity contribution in [2.75, 3.05) is 0 Å². The number of carbonyl (C=O) groups is 1. The summed E-state index contributed by atoms with van der Waals surface area (Å²) in [5.41, 5.74) is 6.57. The summed E-state index contributed by atoms with van der Waals surface area (Å²) in [5, 5.41) is 2.85. The summed E-state index contributed by atoms with van der Waals surface area (Å²) in [4.78, 5) is 15.8. The van der Waals surface area contributed by atoms with Gasteiger partial charge in [-0.25, -0.2) is 0 Å². The number of pyridine rings is 1. The minimum absolute atomic E-state index is 0.100. The highest BCUT2D eigenvalue weighted by Gasteiger charge is 2.15. The van der Waals surface area contributed by atoms with Gasteiger partial charge in [0, 0.05) is 6.20 Å². The van der Waals surface area contributed by atoms with E-state index in [1.165, 1.54) is 0 Å². The molecule has 1 heterocycles. The van der Waals surface area contributed by atoms with Gasteiger partial charge in [0.2, 0.25) is 5.91 Å². The van der Waals surface area contributed by atoms with Crippen molar-refractivity contribution in [2.45, 2.75) is 38.8 Å². The molecule has 1 aromatic rings. The van der Waals surface area contributed by atoms with Crippen molar-refractivity contribution in [3.63, 3.8) is 0 Å². The van der Waals surface area contributed by atoms with Crippen molar-refractivity contribution in [3.05, 3.63) is 30.1 Å². The second kappa shape index (κ2) is 6.23. The first-order valence-corrected chi connectivity index (χ1v) is 5.62. The van der Waals surface area contributed by atoms with Crippen molar-refractivity contribution in [3.8, 4) is 0 Å². The Bertz CT molecular complexity index is 326. The van der Waals surface area contributed by atoms with Crippen LogP contribution in [0.2, 0.25) is 0 Å². The molecular weight excluding hydrogens is 202 g/mol. The third-order valence-electron chi connectivity index (χ3n) is 2.43. The highest BCUT2D eigenvalue weighted by Crippen LogP contribution is 2.08. The van der Waals surface area contributed by atoms with E-state index in [0.29, 0.717) is 6.42 Å². The van der Waals surface area contributed by atoms with Crippen LogP contribution in [0.5, 0.6) is 0 Å². The van der Waals surface area contributed by atoms with Gasteiger partial charge in [0.15, 0.2) is 0 Å². The Morgan fingerprint density at radius 1 is 1.56 bits per heavy atom. The lowest BCUT2D eigenvalue weighted by Crippen LogP contribution is -2.41. The van der Waals surface area contributed by atoms with E-state index in [0.717, 1.165) is 12.1 Å². The van der Waals surface area contributed by atoms with Crippen LogP contribution in [0.4, 0.5) is 0 Å². The summed E-state index contributed by atoms with van der Waals surface area (Å²) < 4.78 is 0. The lowest BCUT2D eigenvalue weighted by Gasteiger charge is -2.16. The summed E-state index contributed by atoms with van der Waals surface area (Å²) in [6.07, 6.45) is 3.33. The molecule has 0 aliphatic carbocycles. The van der Waals surface area contributed by atoms with Gasteiger partial charge in [0.1, 0.15) is 0 Å². The number of nitrogens with two attached hydrogens (primary N) is 1. The molecule has 0 aliphatic heterocycles. The van der Waals surface area contributed by atoms with Crippen molar-refractivity contribution < 1.29 is 4.79 Å². The molecule has 0 aliphatic rings. The SMILES string of the molecule is CCC[C@H](N)C(=O)NC(C)c1ccccn1. The lowest BCUT2D eigenvalue weighted by atomic mass is 10.1. The fourth-order valence-electron chi connectivity index (χ4n) is 1.47. The Morgan fingerprint density at radius 2 is 2.31 bits per heavy atom. The standard InChI is InChI=1S/C12H19N3O/c1-3-6-10(13)12(16)15-9(2)11-7-4-5-8-14-11/h4-5,7-10H,3,6,13H2,1-2H3,(H,15,16)/t9?,10-/m0/s1. The van der Waals surface area contributed by atoms with Crippen LogP contribution in [0.3, 0.4) is 0 Å². The van der Waals surface area contributed by atoms with E-state index in [4.69, 9.17) is 5.73 Å². The summed E-state index contributed by atoms with van der Waals surface area (Å²) in [7, 11) is 0. The number of hydrogen-bond donors (Lipinski definition) is 2. The Morgan fingerprint density at radius 3 is 2.88 bits per heavy atom. The largest absolute Gasteiger partial charge is 0.347 e. The van der Waals surface area contributed by atoms with E-state index < -0.39 is 6.04 Å². The average molecular weight is 221 g/mol. The summed E-state index contributed by atoms with van der Waals surface area (Å²) in [6.45, 7) is 3.91. The molecule has 88 valence electrons. The molecule has 0 radical (unpaired) electrons. The van der Waals surface area contributed by atoms with E-state index in [2.05, 4.69) is 10.3 Å². The van der Waals surface area contributed by atoms with Crippen LogP contribution in [0.25, 0.3) is 0 Å². The zero-order chi connectivity index (χ0) is 12.0. The molecule has 3 N–H and O–H groups in total. The molecule has 0 aromatic carbocycles. The summed E-state index contributed by atoms with van der Waals surface area (Å²) in [5.74, 6) is -0.111. The maximum Gasteiger partial charge on any atom is 0.237 e. The van der Waals surface area contributed by atoms with Crippen LogP contribution in [-0.2, 0) is 4.79 Å². The first-order valence-electron chi connectivity index (χ1n) is 5.62. The van der Waals surface area contributed by atoms with Gasteiger partial charge < -0.3 is 11.1 Å². The molecule has 1 rings (SSSR count). The number of rotatable bonds is 5. The fraction of sp³-hybridized carbons (Fsp3) is 0.500. The molecule has 1 aromatic heterocycles. The van der Waals surface area contributed by atoms with Gasteiger partial charge >= 0.3 is 0 Å². The van der Waals surface area contributed by atoms with Gasteiger partial charge in [-0.1, -0.05) is 19.4 Å². The molecule has 0 saturated carbocycles. The Hall–Kier alpha value is -1.42. The van der Waals surface area contributed by atoms with Gasteiger partial charge in [0.05, 0.1) is 17.8 Å². The number of hydrogen-bond acceptors (Lipinski definition) is 3. The van der Waals surface area contributed by atoms with Crippen molar-refractivity contribution in [1.29, 1.82) is 0 Å². The Kier molecular flexibility index (Phi) is 4.92. The Balaban J connectivity index is 2.51. The van der Waals surface area contributed by atoms with Crippen molar-refractivity contribution >= 4 is 5.91 Å². The lowest BCUT2D eigenvalue weighted by molar-refractivity contribution is -0.123. The number of aromatic nitrogens is 1. The molecule has 4 heteroatoms. The molecule has 0 fully saturated rings. The predicted molar refractivity (Wildman–Crippen MR) is 63.7 cm³/mol. The molecule has 2 atom stereocenters. The second-order valence-corrected chi connectivity index (χ2v) is 3.88. The van der Waals surface area contributed by atoms with Crippen LogP contribution in [0.15, 0.2) is 24.4 Å². The third-order valence-corrected chi connectivity index (χ3v) is 2.43. The molecular formula is C12H19N3O. The average Bonchev–Trinajstić information content (AvgIpc) is 2.30. The molecule has 1 unspecified atom stereocenters. The number of amides is 1. The molecule has 0 bridgehead atoms. The molecule has 4 nitrogen and oxygen atoms in total. The van der Waals surface area contributed by atoms with Crippen LogP contribution >= 0.6 is 0 Å². The van der Waals surface area contributed by atoms with E-state index >= 15 is 0 Å². The third kappa shape index (κ3) is 3.62. The highest BCUT2D eigenvalue weighted by molar-refractivity contribution is 5.81. The van der Waals surface area contributed by atoms with E-state index in [1.54, 1.807) is 6.20 Å². The molecule has 1 amide bonds. The predicted octanol–water partition coefficient (Wildman–Crippen LogP) is 1.39. The zero-order valence-corrected chi connectivity index (χ0v) is 9.81. The van der Waals surface area contributed by atoms with E-state index in [-0.39, 0.29) is 11.9 Å². The second-order valence-electron chi connectivity index (χ2n) is 3.88. The zero-order valence-electron chi connectivity index (χ0n) is 9.81. The summed E-state index contributed by atoms with van der Waals surface area (Å²) >= 11 is 0. The van der Waals surface area contributed by atoms with Crippen LogP contribution < -0.4 is 11.1 Å². The first kappa shape index (κ1) is 12.6. The number of nitrogens with one attached hydrogen (secondary N) is 1. The minimum atomic E-state index is -0.420. The van der Waals surface area contributed by atoms with Crippen molar-refractivity contribution in [1.82, 2.24) is 10.3 Å². The van der Waals surface area contributed by atoms with Gasteiger partial charge in [0.25, 0.3) is 0 Å². The maximum atomic E-state index is 11.7. The first-order chi connectivity index (χ1) is 7.65. The maximum absolute atomic E-state index is 11.7. The van der Waals surface area contributed by atoms with Gasteiger partial charge in [-0.3, -0.25) is 9.78 Å². The normalized spacial score (nSPS) is 14.2. The van der Waals surface area contributed by atoms with E-state index in [9.17, 15) is 4.79 Å². The Labute approximate surface area is 96.3 Å². The van der Waals surface area contributed by atoms with Crippen LogP contribution in [0, 0.1) is 0 Å². The fourth-order valence-corrected chi connectivity index (χ4v) is 1.47. The number of nitrogens with zero attached hydrogens (tertiary/aromatic N) is 1. The monoisotopic (exact) mass is 221 g/mol. The van der Waals surface area contributed by atoms with Gasteiger partial charge in [-0.15, -0.1) is 0 Å². The highest BCUT2D eigenvalue weighted by atomic mass is 16.2. The quantitative estimate of drug-likeness (QED) is 0.789. The van der Waals surface area contributed by atoms with Gasteiger partial charge in [-0.2, -0.15) is 0 Å².